The zero-order valence-corrected chi connectivity index (χ0v) is 18.9. The summed E-state index contributed by atoms with van der Waals surface area (Å²) in [6.07, 6.45) is 1.39. The van der Waals surface area contributed by atoms with E-state index in [0.29, 0.717) is 11.1 Å². The number of hydrogen-bond acceptors (Lipinski definition) is 5. The fourth-order valence-corrected chi connectivity index (χ4v) is 3.98. The van der Waals surface area contributed by atoms with E-state index < -0.39 is 23.3 Å². The lowest BCUT2D eigenvalue weighted by Gasteiger charge is -2.17. The highest BCUT2D eigenvalue weighted by Gasteiger charge is 2.18. The number of aromatic hydroxyl groups is 1. The summed E-state index contributed by atoms with van der Waals surface area (Å²) in [5, 5.41) is 12.5. The Labute approximate surface area is 194 Å². The molecule has 7 nitrogen and oxygen atoms in total. The number of carbonyl (C=O) groups is 1. The van der Waals surface area contributed by atoms with Gasteiger partial charge in [-0.3, -0.25) is 14.2 Å². The van der Waals surface area contributed by atoms with Crippen molar-refractivity contribution in [2.45, 2.75) is 13.0 Å². The van der Waals surface area contributed by atoms with Gasteiger partial charge in [-0.2, -0.15) is 0 Å². The van der Waals surface area contributed by atoms with E-state index in [-0.39, 0.29) is 32.1 Å². The molecule has 0 aliphatic rings. The maximum Gasteiger partial charge on any atom is 0.274 e. The van der Waals surface area contributed by atoms with Crippen LogP contribution < -0.4 is 10.9 Å². The predicted molar refractivity (Wildman–Crippen MR) is 123 cm³/mol. The Morgan fingerprint density at radius 3 is 2.72 bits per heavy atom. The molecule has 4 aromatic rings. The van der Waals surface area contributed by atoms with Gasteiger partial charge in [0.1, 0.15) is 16.1 Å². The lowest BCUT2D eigenvalue weighted by molar-refractivity contribution is 0.102. The summed E-state index contributed by atoms with van der Waals surface area (Å²) in [7, 11) is 0. The zero-order chi connectivity index (χ0) is 23.0. The maximum atomic E-state index is 13.7. The number of hydrogen-bond donors (Lipinski definition) is 2. The monoisotopic (exact) mass is 516 g/mol. The fraction of sp³-hybridized carbons (Fsp3) is 0.0909. The minimum absolute atomic E-state index is 0.0148. The van der Waals surface area contributed by atoms with Crippen LogP contribution in [-0.2, 0) is 0 Å². The third-order valence-corrected chi connectivity index (χ3v) is 5.79. The van der Waals surface area contributed by atoms with Crippen molar-refractivity contribution in [1.82, 2.24) is 14.5 Å². The van der Waals surface area contributed by atoms with E-state index in [1.54, 1.807) is 37.3 Å². The molecule has 2 aromatic heterocycles. The van der Waals surface area contributed by atoms with E-state index in [1.807, 2.05) is 0 Å². The van der Waals surface area contributed by atoms with Crippen LogP contribution in [0.5, 0.6) is 5.75 Å². The molecule has 0 bridgehead atoms. The standard InChI is InChI=1S/C22H15BrClFN4O3/c1-11(12-4-2-5-13(25)8-12)29-10-26-15-6-3-7-16(18(15)22(29)32)28-21(31)17-9-14(24)19(30)20(23)27-17/h2-11,30H,1H3,(H,28,31). The first kappa shape index (κ1) is 21.9. The predicted octanol–water partition coefficient (Wildman–Crippen LogP) is 4.91. The number of rotatable bonds is 4. The lowest BCUT2D eigenvalue weighted by Crippen LogP contribution is -2.26. The Balaban J connectivity index is 1.77. The van der Waals surface area contributed by atoms with Gasteiger partial charge in [-0.15, -0.1) is 0 Å². The van der Waals surface area contributed by atoms with E-state index >= 15 is 0 Å². The van der Waals surface area contributed by atoms with Crippen LogP contribution in [0.25, 0.3) is 10.9 Å². The molecule has 0 saturated carbocycles. The van der Waals surface area contributed by atoms with Crippen molar-refractivity contribution < 1.29 is 14.3 Å². The third-order valence-electron chi connectivity index (χ3n) is 4.94. The van der Waals surface area contributed by atoms with Gasteiger partial charge in [-0.25, -0.2) is 14.4 Å². The van der Waals surface area contributed by atoms with Crippen LogP contribution in [0.2, 0.25) is 5.02 Å². The molecule has 1 unspecified atom stereocenters. The number of nitrogens with zero attached hydrogens (tertiary/aromatic N) is 3. The van der Waals surface area contributed by atoms with Crippen molar-refractivity contribution in [3.05, 3.63) is 91.9 Å². The molecule has 0 aliphatic carbocycles. The minimum Gasteiger partial charge on any atom is -0.504 e. The first-order valence-corrected chi connectivity index (χ1v) is 10.5. The van der Waals surface area contributed by atoms with Gasteiger partial charge in [0.2, 0.25) is 0 Å². The number of anilines is 1. The van der Waals surface area contributed by atoms with Crippen LogP contribution >= 0.6 is 27.5 Å². The molecule has 2 heterocycles. The highest BCUT2D eigenvalue weighted by Crippen LogP contribution is 2.31. The molecule has 0 saturated heterocycles. The maximum absolute atomic E-state index is 13.7. The van der Waals surface area contributed by atoms with Crippen molar-refractivity contribution in [1.29, 1.82) is 0 Å². The molecule has 1 amide bonds. The van der Waals surface area contributed by atoms with Gasteiger partial charge in [0.05, 0.1) is 34.0 Å². The number of carbonyl (C=O) groups excluding carboxylic acids is 1. The number of pyridine rings is 1. The van der Waals surface area contributed by atoms with Crippen LogP contribution in [0.4, 0.5) is 10.1 Å². The molecule has 0 aliphatic heterocycles. The molecule has 10 heteroatoms. The molecule has 0 radical (unpaired) electrons. The second kappa shape index (κ2) is 8.68. The van der Waals surface area contributed by atoms with E-state index in [4.69, 9.17) is 11.6 Å². The molecule has 2 aromatic carbocycles. The molecule has 0 fully saturated rings. The second-order valence-electron chi connectivity index (χ2n) is 6.97. The number of aromatic nitrogens is 3. The van der Waals surface area contributed by atoms with E-state index in [9.17, 15) is 19.1 Å². The van der Waals surface area contributed by atoms with Gasteiger partial charge in [0.15, 0.2) is 5.75 Å². The summed E-state index contributed by atoms with van der Waals surface area (Å²) < 4.78 is 15.1. The second-order valence-corrected chi connectivity index (χ2v) is 8.13. The van der Waals surface area contributed by atoms with E-state index in [0.717, 1.165) is 0 Å². The van der Waals surface area contributed by atoms with Crippen LogP contribution in [0.3, 0.4) is 0 Å². The SMILES string of the molecule is CC(c1cccc(F)c1)n1cnc2cccc(NC(=O)c3cc(Cl)c(O)c(Br)n3)c2c1=O. The quantitative estimate of drug-likeness (QED) is 0.375. The average Bonchev–Trinajstić information content (AvgIpc) is 2.77. The molecule has 2 N–H and O–H groups in total. The Bertz CT molecular complexity index is 1400. The molecule has 1 atom stereocenters. The van der Waals surface area contributed by atoms with Gasteiger partial charge >= 0.3 is 0 Å². The Hall–Kier alpha value is -3.30. The van der Waals surface area contributed by atoms with Gasteiger partial charge < -0.3 is 10.4 Å². The molecule has 32 heavy (non-hydrogen) atoms. The highest BCUT2D eigenvalue weighted by molar-refractivity contribution is 9.10. The summed E-state index contributed by atoms with van der Waals surface area (Å²) in [5.41, 5.74) is 0.749. The summed E-state index contributed by atoms with van der Waals surface area (Å²) in [4.78, 5) is 34.4. The molecular formula is C22H15BrClFN4O3. The van der Waals surface area contributed by atoms with Crippen molar-refractivity contribution in [2.24, 2.45) is 0 Å². The fourth-order valence-electron chi connectivity index (χ4n) is 3.27. The van der Waals surface area contributed by atoms with Crippen molar-refractivity contribution in [2.75, 3.05) is 5.32 Å². The molecule has 0 spiro atoms. The first-order valence-electron chi connectivity index (χ1n) is 9.38. The lowest BCUT2D eigenvalue weighted by atomic mass is 10.1. The van der Waals surface area contributed by atoms with Gasteiger partial charge in [-0.05, 0) is 58.7 Å². The van der Waals surface area contributed by atoms with E-state index in [2.05, 4.69) is 31.2 Å². The molecular weight excluding hydrogens is 503 g/mol. The minimum atomic E-state index is -0.631. The Morgan fingerprint density at radius 2 is 2.00 bits per heavy atom. The summed E-state index contributed by atoms with van der Waals surface area (Å²) in [5.74, 6) is -1.32. The number of benzene rings is 2. The third kappa shape index (κ3) is 4.09. The van der Waals surface area contributed by atoms with Crippen molar-refractivity contribution >= 4 is 50.0 Å². The van der Waals surface area contributed by atoms with Crippen molar-refractivity contribution in [3.8, 4) is 5.75 Å². The van der Waals surface area contributed by atoms with Gasteiger partial charge in [-0.1, -0.05) is 29.8 Å². The summed E-state index contributed by atoms with van der Waals surface area (Å²) >= 11 is 8.96. The molecule has 4 rings (SSSR count). The molecule has 162 valence electrons. The number of fused-ring (bicyclic) bond motifs is 1. The smallest absolute Gasteiger partial charge is 0.274 e. The van der Waals surface area contributed by atoms with Crippen LogP contribution in [0.15, 0.2) is 64.3 Å². The normalized spacial score (nSPS) is 12.0. The Kier molecular flexibility index (Phi) is 5.94. The summed E-state index contributed by atoms with van der Waals surface area (Å²) in [6, 6.07) is 11.6. The van der Waals surface area contributed by atoms with Crippen LogP contribution in [-0.4, -0.2) is 25.5 Å². The van der Waals surface area contributed by atoms with Crippen molar-refractivity contribution in [3.63, 3.8) is 0 Å². The van der Waals surface area contributed by atoms with Crippen LogP contribution in [0.1, 0.15) is 29.0 Å². The first-order chi connectivity index (χ1) is 15.3. The Morgan fingerprint density at radius 1 is 1.25 bits per heavy atom. The topological polar surface area (TPSA) is 97.1 Å². The summed E-state index contributed by atoms with van der Waals surface area (Å²) in [6.45, 7) is 1.75. The number of amides is 1. The largest absolute Gasteiger partial charge is 0.504 e. The zero-order valence-electron chi connectivity index (χ0n) is 16.5. The van der Waals surface area contributed by atoms with Gasteiger partial charge in [0.25, 0.3) is 11.5 Å². The number of halogens is 3. The number of nitrogens with one attached hydrogen (secondary N) is 1. The van der Waals surface area contributed by atoms with Gasteiger partial charge in [0, 0.05) is 0 Å². The highest BCUT2D eigenvalue weighted by atomic mass is 79.9. The van der Waals surface area contributed by atoms with Crippen LogP contribution in [0, 0.1) is 5.82 Å². The van der Waals surface area contributed by atoms with E-state index in [1.165, 1.54) is 29.1 Å². The average molecular weight is 518 g/mol.